The predicted octanol–water partition coefficient (Wildman–Crippen LogP) is 2.04. The summed E-state index contributed by atoms with van der Waals surface area (Å²) >= 11 is 1.60. The number of rotatable bonds is 4. The largest absolute Gasteiger partial charge is 0.337 e. The molecule has 0 aliphatic rings. The normalized spacial score (nSPS) is 10.9. The zero-order valence-corrected chi connectivity index (χ0v) is 14.2. The molecule has 0 aliphatic heterocycles. The Bertz CT molecular complexity index is 1000. The molecule has 7 heteroatoms. The Morgan fingerprint density at radius 1 is 1.29 bits per heavy atom. The van der Waals surface area contributed by atoms with Crippen molar-refractivity contribution in [1.82, 2.24) is 14.5 Å². The molecule has 2 aromatic heterocycles. The molecule has 0 saturated heterocycles. The van der Waals surface area contributed by atoms with Gasteiger partial charge in [0.25, 0.3) is 5.91 Å². The molecule has 0 saturated carbocycles. The summed E-state index contributed by atoms with van der Waals surface area (Å²) in [5.41, 5.74) is 0.301. The van der Waals surface area contributed by atoms with Crippen LogP contribution < -0.4 is 11.1 Å². The molecule has 124 valence electrons. The summed E-state index contributed by atoms with van der Waals surface area (Å²) in [6, 6.07) is 8.92. The maximum atomic E-state index is 12.6. The molecule has 0 radical (unpaired) electrons. The van der Waals surface area contributed by atoms with Crippen molar-refractivity contribution in [2.24, 2.45) is 0 Å². The van der Waals surface area contributed by atoms with E-state index in [1.165, 1.54) is 4.57 Å². The van der Waals surface area contributed by atoms with Crippen molar-refractivity contribution < 1.29 is 4.79 Å². The second kappa shape index (κ2) is 6.45. The van der Waals surface area contributed by atoms with Crippen LogP contribution >= 0.6 is 11.3 Å². The van der Waals surface area contributed by atoms with Crippen molar-refractivity contribution in [3.63, 3.8) is 0 Å². The average molecular weight is 343 g/mol. The molecule has 0 atom stereocenters. The minimum atomic E-state index is -0.680. The standard InChI is InChI=1S/C17H17N3O3S/c1-3-20-14-7-6-11(9-13(14)18-15(21)17(20)23)16(22)19(2)10-12-5-4-8-24-12/h4-9H,3,10H2,1-2H3,(H,18,21). The Hall–Kier alpha value is -2.67. The number of carbonyl (C=O) groups excluding carboxylic acids is 1. The molecule has 0 bridgehead atoms. The summed E-state index contributed by atoms with van der Waals surface area (Å²) in [6.07, 6.45) is 0. The third-order valence-electron chi connectivity index (χ3n) is 3.86. The highest BCUT2D eigenvalue weighted by atomic mass is 32.1. The van der Waals surface area contributed by atoms with Gasteiger partial charge in [-0.1, -0.05) is 6.07 Å². The first-order valence-electron chi connectivity index (χ1n) is 7.56. The van der Waals surface area contributed by atoms with Crippen LogP contribution in [-0.4, -0.2) is 27.4 Å². The fourth-order valence-corrected chi connectivity index (χ4v) is 3.41. The van der Waals surface area contributed by atoms with E-state index in [1.807, 2.05) is 17.5 Å². The molecule has 0 spiro atoms. The number of benzene rings is 1. The molecule has 0 unspecified atom stereocenters. The number of hydrogen-bond donors (Lipinski definition) is 1. The van der Waals surface area contributed by atoms with Crippen LogP contribution in [0.15, 0.2) is 45.3 Å². The van der Waals surface area contributed by atoms with Crippen LogP contribution in [-0.2, 0) is 13.1 Å². The Labute approximate surface area is 142 Å². The molecule has 1 aromatic carbocycles. The van der Waals surface area contributed by atoms with E-state index in [0.29, 0.717) is 29.7 Å². The Balaban J connectivity index is 1.98. The lowest BCUT2D eigenvalue weighted by Gasteiger charge is -2.17. The Morgan fingerprint density at radius 3 is 2.75 bits per heavy atom. The molecule has 3 aromatic rings. The van der Waals surface area contributed by atoms with Crippen molar-refractivity contribution in [3.8, 4) is 0 Å². The SMILES string of the molecule is CCn1c(=O)c(=O)[nH]c2cc(C(=O)N(C)Cc3cccs3)ccc21. The van der Waals surface area contributed by atoms with Gasteiger partial charge in [0.15, 0.2) is 0 Å². The first-order valence-corrected chi connectivity index (χ1v) is 8.44. The maximum absolute atomic E-state index is 12.6. The highest BCUT2D eigenvalue weighted by Crippen LogP contribution is 2.16. The average Bonchev–Trinajstić information content (AvgIpc) is 3.08. The highest BCUT2D eigenvalue weighted by Gasteiger charge is 2.14. The van der Waals surface area contributed by atoms with Gasteiger partial charge in [-0.15, -0.1) is 11.3 Å². The van der Waals surface area contributed by atoms with Crippen LogP contribution in [0.5, 0.6) is 0 Å². The molecular weight excluding hydrogens is 326 g/mol. The zero-order chi connectivity index (χ0) is 17.3. The van der Waals surface area contributed by atoms with Gasteiger partial charge in [0, 0.05) is 24.0 Å². The molecule has 1 amide bonds. The summed E-state index contributed by atoms with van der Waals surface area (Å²) in [6.45, 7) is 2.72. The van der Waals surface area contributed by atoms with E-state index in [1.54, 1.807) is 48.4 Å². The zero-order valence-electron chi connectivity index (χ0n) is 13.4. The van der Waals surface area contributed by atoms with Crippen molar-refractivity contribution in [2.45, 2.75) is 20.0 Å². The van der Waals surface area contributed by atoms with Gasteiger partial charge in [-0.3, -0.25) is 14.4 Å². The third kappa shape index (κ3) is 2.90. The second-order valence-electron chi connectivity index (χ2n) is 5.48. The van der Waals surface area contributed by atoms with E-state index in [9.17, 15) is 14.4 Å². The summed E-state index contributed by atoms with van der Waals surface area (Å²) in [5.74, 6) is -0.139. The molecule has 6 nitrogen and oxygen atoms in total. The van der Waals surface area contributed by atoms with E-state index in [-0.39, 0.29) is 5.91 Å². The number of hydrogen-bond acceptors (Lipinski definition) is 4. The summed E-state index contributed by atoms with van der Waals surface area (Å²) in [5, 5.41) is 1.97. The van der Waals surface area contributed by atoms with E-state index < -0.39 is 11.1 Å². The van der Waals surface area contributed by atoms with Gasteiger partial charge in [0.05, 0.1) is 17.6 Å². The van der Waals surface area contributed by atoms with E-state index >= 15 is 0 Å². The van der Waals surface area contributed by atoms with Crippen LogP contribution in [0.4, 0.5) is 0 Å². The van der Waals surface area contributed by atoms with E-state index in [4.69, 9.17) is 0 Å². The number of thiophene rings is 1. The van der Waals surface area contributed by atoms with Crippen molar-refractivity contribution >= 4 is 28.3 Å². The topological polar surface area (TPSA) is 75.2 Å². The number of fused-ring (bicyclic) bond motifs is 1. The molecule has 1 N–H and O–H groups in total. The highest BCUT2D eigenvalue weighted by molar-refractivity contribution is 7.09. The molecule has 2 heterocycles. The number of aromatic nitrogens is 2. The lowest BCUT2D eigenvalue weighted by Crippen LogP contribution is -2.36. The number of carbonyl (C=O) groups is 1. The fourth-order valence-electron chi connectivity index (χ4n) is 2.65. The Morgan fingerprint density at radius 2 is 2.08 bits per heavy atom. The summed E-state index contributed by atoms with van der Waals surface area (Å²) in [4.78, 5) is 41.5. The van der Waals surface area contributed by atoms with Crippen molar-refractivity contribution in [2.75, 3.05) is 7.05 Å². The van der Waals surface area contributed by atoms with Crippen molar-refractivity contribution in [1.29, 1.82) is 0 Å². The first kappa shape index (κ1) is 16.2. The van der Waals surface area contributed by atoms with Crippen LogP contribution in [0.3, 0.4) is 0 Å². The lowest BCUT2D eigenvalue weighted by molar-refractivity contribution is 0.0786. The Kier molecular flexibility index (Phi) is 4.35. The quantitative estimate of drug-likeness (QED) is 0.737. The van der Waals surface area contributed by atoms with Crippen molar-refractivity contribution in [3.05, 3.63) is 66.9 Å². The van der Waals surface area contributed by atoms with Gasteiger partial charge < -0.3 is 14.5 Å². The second-order valence-corrected chi connectivity index (χ2v) is 6.51. The monoisotopic (exact) mass is 343 g/mol. The molecule has 0 fully saturated rings. The number of aromatic amines is 1. The van der Waals surface area contributed by atoms with Crippen LogP contribution in [0.2, 0.25) is 0 Å². The molecule has 3 rings (SSSR count). The number of nitrogens with one attached hydrogen (secondary N) is 1. The van der Waals surface area contributed by atoms with Gasteiger partial charge in [0.2, 0.25) is 0 Å². The van der Waals surface area contributed by atoms with Gasteiger partial charge in [-0.05, 0) is 36.6 Å². The number of H-pyrrole nitrogens is 1. The number of aryl methyl sites for hydroxylation is 1. The lowest BCUT2D eigenvalue weighted by atomic mass is 10.1. The van der Waals surface area contributed by atoms with Crippen LogP contribution in [0.1, 0.15) is 22.2 Å². The summed E-state index contributed by atoms with van der Waals surface area (Å²) in [7, 11) is 1.74. The third-order valence-corrected chi connectivity index (χ3v) is 4.72. The minimum Gasteiger partial charge on any atom is -0.337 e. The van der Waals surface area contributed by atoms with Crippen LogP contribution in [0.25, 0.3) is 11.0 Å². The minimum absolute atomic E-state index is 0.139. The van der Waals surface area contributed by atoms with Gasteiger partial charge >= 0.3 is 11.1 Å². The number of nitrogens with zero attached hydrogens (tertiary/aromatic N) is 2. The molecular formula is C17H17N3O3S. The first-order chi connectivity index (χ1) is 11.5. The molecule has 24 heavy (non-hydrogen) atoms. The van der Waals surface area contributed by atoms with Gasteiger partial charge in [-0.25, -0.2) is 0 Å². The smallest absolute Gasteiger partial charge is 0.316 e. The molecule has 0 aliphatic carbocycles. The number of amides is 1. The van der Waals surface area contributed by atoms with Crippen LogP contribution in [0, 0.1) is 0 Å². The van der Waals surface area contributed by atoms with E-state index in [0.717, 1.165) is 4.88 Å². The van der Waals surface area contributed by atoms with Gasteiger partial charge in [0.1, 0.15) is 0 Å². The van der Waals surface area contributed by atoms with E-state index in [2.05, 4.69) is 4.98 Å². The van der Waals surface area contributed by atoms with Gasteiger partial charge in [-0.2, -0.15) is 0 Å². The summed E-state index contributed by atoms with van der Waals surface area (Å²) < 4.78 is 1.40. The predicted molar refractivity (Wildman–Crippen MR) is 94.6 cm³/mol. The maximum Gasteiger partial charge on any atom is 0.316 e. The fraction of sp³-hybridized carbons (Fsp3) is 0.235.